The Labute approximate surface area is 207 Å². The molecule has 6 rings (SSSR count). The van der Waals surface area contributed by atoms with Gasteiger partial charge in [-0.05, 0) is 48.9 Å². The predicted octanol–water partition coefficient (Wildman–Crippen LogP) is 3.82. The quantitative estimate of drug-likeness (QED) is 0.588. The summed E-state index contributed by atoms with van der Waals surface area (Å²) in [5, 5.41) is 14.6. The number of aliphatic hydroxyl groups excluding tert-OH is 1. The standard InChI is InChI=1S/C28H34N6O/c35-26-19-34(16-12-25(26)33-15-11-21-7-1-2-8-22(21)18-33)28-17-27(29-20-30-28)31-23-9-3-4-10-24(23)32-13-5-6-14-32/h1-4,7-10,17,20,25-26,35H,5-6,11-16,18-19H2,(H,29,30,31)/t25-,26-/m1/s1. The van der Waals surface area contributed by atoms with E-state index in [0.717, 1.165) is 62.9 Å². The molecular weight excluding hydrogens is 436 g/mol. The van der Waals surface area contributed by atoms with Crippen molar-refractivity contribution in [1.82, 2.24) is 14.9 Å². The van der Waals surface area contributed by atoms with E-state index in [2.05, 4.69) is 78.5 Å². The number of anilines is 4. The maximum absolute atomic E-state index is 11.1. The number of para-hydroxylation sites is 2. The lowest BCUT2D eigenvalue weighted by Crippen LogP contribution is -2.55. The van der Waals surface area contributed by atoms with Crippen LogP contribution in [-0.2, 0) is 13.0 Å². The summed E-state index contributed by atoms with van der Waals surface area (Å²) in [6, 6.07) is 19.3. The summed E-state index contributed by atoms with van der Waals surface area (Å²) in [6.45, 7) is 5.60. The van der Waals surface area contributed by atoms with Gasteiger partial charge in [-0.2, -0.15) is 0 Å². The number of benzene rings is 2. The van der Waals surface area contributed by atoms with E-state index in [0.29, 0.717) is 6.54 Å². The Hall–Kier alpha value is -3.16. The minimum absolute atomic E-state index is 0.186. The number of hydrogen-bond donors (Lipinski definition) is 2. The van der Waals surface area contributed by atoms with Crippen LogP contribution < -0.4 is 15.1 Å². The summed E-state index contributed by atoms with van der Waals surface area (Å²) in [5.41, 5.74) is 5.14. The molecule has 0 radical (unpaired) electrons. The average molecular weight is 471 g/mol. The van der Waals surface area contributed by atoms with Gasteiger partial charge in [0.1, 0.15) is 18.0 Å². The lowest BCUT2D eigenvalue weighted by molar-refractivity contribution is 0.0293. The molecular formula is C28H34N6O. The summed E-state index contributed by atoms with van der Waals surface area (Å²) in [7, 11) is 0. The number of piperidine rings is 1. The number of β-amino-alcohol motifs (C(OH)–C–C–N with tert-alkyl or cyclic N) is 1. The SMILES string of the molecule is O[C@@H]1CN(c2cc(Nc3ccccc3N3CCCC3)ncn2)CC[C@H]1N1CCc2ccccc2C1. The Morgan fingerprint density at radius 1 is 0.857 bits per heavy atom. The predicted molar refractivity (Wildman–Crippen MR) is 140 cm³/mol. The number of nitrogens with zero attached hydrogens (tertiary/aromatic N) is 5. The van der Waals surface area contributed by atoms with Crippen molar-refractivity contribution in [1.29, 1.82) is 0 Å². The van der Waals surface area contributed by atoms with Gasteiger partial charge in [0.15, 0.2) is 0 Å². The smallest absolute Gasteiger partial charge is 0.135 e. The zero-order valence-corrected chi connectivity index (χ0v) is 20.2. The zero-order valence-electron chi connectivity index (χ0n) is 20.2. The number of nitrogens with one attached hydrogen (secondary N) is 1. The summed E-state index contributed by atoms with van der Waals surface area (Å²) < 4.78 is 0. The molecule has 4 heterocycles. The van der Waals surface area contributed by atoms with E-state index in [1.54, 1.807) is 6.33 Å². The Balaban J connectivity index is 1.13. The monoisotopic (exact) mass is 470 g/mol. The molecule has 0 aliphatic carbocycles. The first-order chi connectivity index (χ1) is 17.2. The molecule has 1 aromatic heterocycles. The van der Waals surface area contributed by atoms with Gasteiger partial charge in [0.2, 0.25) is 0 Å². The fourth-order valence-corrected chi connectivity index (χ4v) is 5.89. The molecule has 2 saturated heterocycles. The van der Waals surface area contributed by atoms with Gasteiger partial charge < -0.3 is 20.2 Å². The first-order valence-corrected chi connectivity index (χ1v) is 12.9. The lowest BCUT2D eigenvalue weighted by Gasteiger charge is -2.43. The largest absolute Gasteiger partial charge is 0.390 e. The molecule has 182 valence electrons. The van der Waals surface area contributed by atoms with Gasteiger partial charge in [-0.25, -0.2) is 9.97 Å². The summed E-state index contributed by atoms with van der Waals surface area (Å²) in [4.78, 5) is 16.1. The number of aliphatic hydroxyl groups is 1. The fraction of sp³-hybridized carbons (Fsp3) is 0.429. The van der Waals surface area contributed by atoms with E-state index in [9.17, 15) is 5.11 Å². The Morgan fingerprint density at radius 3 is 2.51 bits per heavy atom. The highest BCUT2D eigenvalue weighted by Gasteiger charge is 2.34. The molecule has 2 aromatic carbocycles. The maximum atomic E-state index is 11.1. The van der Waals surface area contributed by atoms with Crippen molar-refractivity contribution in [3.63, 3.8) is 0 Å². The van der Waals surface area contributed by atoms with Crippen LogP contribution in [0.4, 0.5) is 23.0 Å². The first kappa shape index (κ1) is 22.3. The molecule has 3 aliphatic heterocycles. The van der Waals surface area contributed by atoms with Crippen molar-refractivity contribution in [2.24, 2.45) is 0 Å². The third kappa shape index (κ3) is 4.70. The van der Waals surface area contributed by atoms with Gasteiger partial charge in [-0.3, -0.25) is 4.90 Å². The molecule has 2 fully saturated rings. The molecule has 35 heavy (non-hydrogen) atoms. The summed E-state index contributed by atoms with van der Waals surface area (Å²) in [6.07, 6.45) is 5.69. The minimum Gasteiger partial charge on any atom is -0.390 e. The zero-order chi connectivity index (χ0) is 23.6. The van der Waals surface area contributed by atoms with Crippen LogP contribution in [-0.4, -0.2) is 64.8 Å². The van der Waals surface area contributed by atoms with Crippen LogP contribution in [0.15, 0.2) is 60.9 Å². The van der Waals surface area contributed by atoms with Crippen LogP contribution in [0.2, 0.25) is 0 Å². The third-order valence-electron chi connectivity index (χ3n) is 7.77. The van der Waals surface area contributed by atoms with Crippen LogP contribution >= 0.6 is 0 Å². The molecule has 2 atom stereocenters. The van der Waals surface area contributed by atoms with Crippen LogP contribution in [0.5, 0.6) is 0 Å². The second kappa shape index (κ2) is 9.84. The van der Waals surface area contributed by atoms with E-state index in [1.165, 1.54) is 29.7 Å². The van der Waals surface area contributed by atoms with E-state index in [-0.39, 0.29) is 6.04 Å². The van der Waals surface area contributed by atoms with Gasteiger partial charge >= 0.3 is 0 Å². The molecule has 2 N–H and O–H groups in total. The van der Waals surface area contributed by atoms with E-state index >= 15 is 0 Å². The maximum Gasteiger partial charge on any atom is 0.135 e. The van der Waals surface area contributed by atoms with Gasteiger partial charge in [0, 0.05) is 51.4 Å². The number of hydrogen-bond acceptors (Lipinski definition) is 7. The van der Waals surface area contributed by atoms with Crippen LogP contribution in [0, 0.1) is 0 Å². The van der Waals surface area contributed by atoms with Crippen molar-refractivity contribution in [2.75, 3.05) is 47.8 Å². The topological polar surface area (TPSA) is 67.8 Å². The summed E-state index contributed by atoms with van der Waals surface area (Å²) >= 11 is 0. The molecule has 0 amide bonds. The van der Waals surface area contributed by atoms with E-state index in [4.69, 9.17) is 0 Å². The highest BCUT2D eigenvalue weighted by molar-refractivity contribution is 5.75. The minimum atomic E-state index is -0.406. The van der Waals surface area contributed by atoms with Crippen molar-refractivity contribution in [3.8, 4) is 0 Å². The van der Waals surface area contributed by atoms with Crippen molar-refractivity contribution in [2.45, 2.75) is 44.4 Å². The van der Waals surface area contributed by atoms with Crippen LogP contribution in [0.25, 0.3) is 0 Å². The lowest BCUT2D eigenvalue weighted by atomic mass is 9.94. The molecule has 3 aliphatic rings. The fourth-order valence-electron chi connectivity index (χ4n) is 5.89. The number of rotatable bonds is 5. The second-order valence-corrected chi connectivity index (χ2v) is 9.96. The Bertz CT molecular complexity index is 1160. The molecule has 3 aromatic rings. The van der Waals surface area contributed by atoms with Crippen molar-refractivity contribution < 1.29 is 5.11 Å². The molecule has 7 nitrogen and oxygen atoms in total. The van der Waals surface area contributed by atoms with Gasteiger partial charge in [0.25, 0.3) is 0 Å². The van der Waals surface area contributed by atoms with Crippen LogP contribution in [0.3, 0.4) is 0 Å². The van der Waals surface area contributed by atoms with Crippen molar-refractivity contribution >= 4 is 23.0 Å². The van der Waals surface area contributed by atoms with Gasteiger partial charge in [-0.15, -0.1) is 0 Å². The third-order valence-corrected chi connectivity index (χ3v) is 7.77. The van der Waals surface area contributed by atoms with Crippen LogP contribution in [0.1, 0.15) is 30.4 Å². The number of fused-ring (bicyclic) bond motifs is 1. The van der Waals surface area contributed by atoms with Gasteiger partial charge in [-0.1, -0.05) is 36.4 Å². The molecule has 0 unspecified atom stereocenters. The highest BCUT2D eigenvalue weighted by atomic mass is 16.3. The van der Waals surface area contributed by atoms with E-state index < -0.39 is 6.10 Å². The van der Waals surface area contributed by atoms with Crippen molar-refractivity contribution in [3.05, 3.63) is 72.1 Å². The normalized spacial score (nSPS) is 22.8. The molecule has 0 bridgehead atoms. The second-order valence-electron chi connectivity index (χ2n) is 9.96. The molecule has 0 spiro atoms. The summed E-state index contributed by atoms with van der Waals surface area (Å²) in [5.74, 6) is 1.65. The average Bonchev–Trinajstić information content (AvgIpc) is 3.44. The Morgan fingerprint density at radius 2 is 1.66 bits per heavy atom. The highest BCUT2D eigenvalue weighted by Crippen LogP contribution is 2.32. The van der Waals surface area contributed by atoms with E-state index in [1.807, 2.05) is 6.07 Å². The number of aromatic nitrogens is 2. The molecule has 7 heteroatoms. The first-order valence-electron chi connectivity index (χ1n) is 12.9. The van der Waals surface area contributed by atoms with Gasteiger partial charge in [0.05, 0.1) is 17.5 Å². The Kier molecular flexibility index (Phi) is 6.27. The molecule has 0 saturated carbocycles.